The molecule has 2 amide bonds. The first-order valence-corrected chi connectivity index (χ1v) is 10.9. The van der Waals surface area contributed by atoms with Crippen LogP contribution >= 0.6 is 0 Å². The van der Waals surface area contributed by atoms with Crippen LogP contribution in [0.5, 0.6) is 5.75 Å². The van der Waals surface area contributed by atoms with Gasteiger partial charge in [0.25, 0.3) is 11.8 Å². The van der Waals surface area contributed by atoms with Crippen molar-refractivity contribution >= 4 is 11.8 Å². The molecule has 0 radical (unpaired) electrons. The minimum Gasteiger partial charge on any atom is -0.483 e. The number of carbonyl (C=O) groups excluding carboxylic acids is 2. The summed E-state index contributed by atoms with van der Waals surface area (Å²) in [5, 5.41) is 0. The van der Waals surface area contributed by atoms with Gasteiger partial charge in [-0.15, -0.1) is 0 Å². The van der Waals surface area contributed by atoms with Crippen molar-refractivity contribution in [1.82, 2.24) is 14.8 Å². The molecule has 1 saturated heterocycles. The van der Waals surface area contributed by atoms with Gasteiger partial charge in [-0.3, -0.25) is 9.59 Å². The number of hydrogen-bond acceptors (Lipinski definition) is 4. The number of nitrogens with zero attached hydrogens (tertiary/aromatic N) is 3. The Morgan fingerprint density at radius 3 is 2.81 bits per heavy atom. The number of allylic oxidation sites excluding steroid dienone is 2. The molecule has 0 saturated carbocycles. The third kappa shape index (κ3) is 4.79. The summed E-state index contributed by atoms with van der Waals surface area (Å²) in [4.78, 5) is 34.0. The third-order valence-corrected chi connectivity index (χ3v) is 6.25. The summed E-state index contributed by atoms with van der Waals surface area (Å²) in [6.45, 7) is 3.14. The number of para-hydroxylation sites is 1. The van der Waals surface area contributed by atoms with Crippen LogP contribution in [0.25, 0.3) is 0 Å². The van der Waals surface area contributed by atoms with Gasteiger partial charge < -0.3 is 14.5 Å². The molecular weight excluding hydrogens is 390 g/mol. The number of amides is 2. The Bertz CT molecular complexity index is 987. The average Bonchev–Trinajstić information content (AvgIpc) is 2.79. The van der Waals surface area contributed by atoms with E-state index in [0.717, 1.165) is 36.3 Å². The Labute approximate surface area is 183 Å². The maximum atomic E-state index is 13.0. The van der Waals surface area contributed by atoms with Gasteiger partial charge in [-0.05, 0) is 49.9 Å². The second-order valence-corrected chi connectivity index (χ2v) is 8.34. The molecule has 4 rings (SSSR count). The zero-order valence-corrected chi connectivity index (χ0v) is 18.2. The number of aromatic nitrogens is 1. The fourth-order valence-electron chi connectivity index (χ4n) is 4.49. The van der Waals surface area contributed by atoms with Gasteiger partial charge in [0.1, 0.15) is 11.4 Å². The lowest BCUT2D eigenvalue weighted by molar-refractivity contribution is -0.136. The highest BCUT2D eigenvalue weighted by Gasteiger charge is 2.35. The molecule has 3 heterocycles. The maximum Gasteiger partial charge on any atom is 0.272 e. The highest BCUT2D eigenvalue weighted by atomic mass is 16.5. The predicted molar refractivity (Wildman–Crippen MR) is 119 cm³/mol. The van der Waals surface area contributed by atoms with Gasteiger partial charge in [-0.1, -0.05) is 36.4 Å². The summed E-state index contributed by atoms with van der Waals surface area (Å²) in [7, 11) is 1.85. The summed E-state index contributed by atoms with van der Waals surface area (Å²) in [5.74, 6) is 0.859. The van der Waals surface area contributed by atoms with E-state index in [2.05, 4.69) is 17.1 Å². The van der Waals surface area contributed by atoms with Crippen LogP contribution in [0.3, 0.4) is 0 Å². The molecule has 162 valence electrons. The smallest absolute Gasteiger partial charge is 0.272 e. The van der Waals surface area contributed by atoms with Crippen LogP contribution in [-0.2, 0) is 11.2 Å². The summed E-state index contributed by atoms with van der Waals surface area (Å²) in [6, 6.07) is 13.4. The Hall–Kier alpha value is -3.15. The quantitative estimate of drug-likeness (QED) is 0.666. The van der Waals surface area contributed by atoms with Crippen LogP contribution in [0.15, 0.2) is 54.6 Å². The highest BCUT2D eigenvalue weighted by Crippen LogP contribution is 2.27. The van der Waals surface area contributed by atoms with Crippen molar-refractivity contribution in [2.45, 2.75) is 32.2 Å². The van der Waals surface area contributed by atoms with Crippen LogP contribution in [0.1, 0.15) is 34.6 Å². The highest BCUT2D eigenvalue weighted by molar-refractivity contribution is 5.92. The molecule has 0 N–H and O–H groups in total. The van der Waals surface area contributed by atoms with Crippen LogP contribution < -0.4 is 4.74 Å². The van der Waals surface area contributed by atoms with E-state index in [1.165, 1.54) is 0 Å². The SMILES string of the molecule is Cc1cccc(C(=O)N2CC[C@@H]3[C@@H](C/C=C/Cc4ccccc4OCC(=O)N3C)C2)n1. The Kier molecular flexibility index (Phi) is 6.35. The molecule has 1 aromatic heterocycles. The number of rotatable bonds is 1. The van der Waals surface area contributed by atoms with E-state index in [1.807, 2.05) is 60.2 Å². The summed E-state index contributed by atoms with van der Waals surface area (Å²) < 4.78 is 5.85. The van der Waals surface area contributed by atoms with Crippen molar-refractivity contribution in [2.75, 3.05) is 26.7 Å². The first kappa shape index (κ1) is 21.1. The first-order chi connectivity index (χ1) is 15.0. The molecule has 0 unspecified atom stereocenters. The number of likely N-dealkylation sites (tertiary alicyclic amines) is 1. The van der Waals surface area contributed by atoms with Crippen molar-refractivity contribution in [3.63, 3.8) is 0 Å². The minimum atomic E-state index is -0.0384. The van der Waals surface area contributed by atoms with E-state index in [4.69, 9.17) is 4.74 Å². The van der Waals surface area contributed by atoms with Crippen LogP contribution in [0, 0.1) is 12.8 Å². The van der Waals surface area contributed by atoms with Gasteiger partial charge in [0.2, 0.25) is 0 Å². The number of fused-ring (bicyclic) bond motifs is 2. The molecular formula is C25H29N3O3. The molecule has 1 aromatic carbocycles. The van der Waals surface area contributed by atoms with E-state index >= 15 is 0 Å². The molecule has 0 spiro atoms. The van der Waals surface area contributed by atoms with Gasteiger partial charge >= 0.3 is 0 Å². The average molecular weight is 420 g/mol. The van der Waals surface area contributed by atoms with Crippen molar-refractivity contribution in [2.24, 2.45) is 5.92 Å². The fraction of sp³-hybridized carbons (Fsp3) is 0.400. The molecule has 0 bridgehead atoms. The zero-order chi connectivity index (χ0) is 21.8. The van der Waals surface area contributed by atoms with Crippen molar-refractivity contribution in [3.05, 3.63) is 71.6 Å². The monoisotopic (exact) mass is 419 g/mol. The van der Waals surface area contributed by atoms with Gasteiger partial charge in [-0.25, -0.2) is 4.98 Å². The van der Waals surface area contributed by atoms with E-state index in [9.17, 15) is 9.59 Å². The molecule has 6 heteroatoms. The molecule has 2 atom stereocenters. The molecule has 1 fully saturated rings. The topological polar surface area (TPSA) is 62.7 Å². The number of pyridine rings is 1. The second-order valence-electron chi connectivity index (χ2n) is 8.34. The van der Waals surface area contributed by atoms with E-state index in [0.29, 0.717) is 18.8 Å². The lowest BCUT2D eigenvalue weighted by Crippen LogP contribution is -2.53. The normalized spacial score (nSPS) is 23.0. The standard InChI is InChI=1S/C25H29N3O3/c1-18-8-7-12-21(26-18)25(30)28-15-14-22-20(16-28)11-4-3-9-19-10-5-6-13-23(19)31-17-24(29)27(22)2/h3-8,10,12-13,20,22H,9,11,14-17H2,1-2H3/b4-3+/t20-,22+/m0/s1. The fourth-order valence-corrected chi connectivity index (χ4v) is 4.49. The van der Waals surface area contributed by atoms with E-state index in [1.54, 1.807) is 6.07 Å². The van der Waals surface area contributed by atoms with E-state index in [-0.39, 0.29) is 30.4 Å². The van der Waals surface area contributed by atoms with Crippen molar-refractivity contribution in [1.29, 1.82) is 0 Å². The number of piperidine rings is 1. The number of benzene rings is 1. The Morgan fingerprint density at radius 2 is 1.97 bits per heavy atom. The van der Waals surface area contributed by atoms with E-state index < -0.39 is 0 Å². The molecule has 6 nitrogen and oxygen atoms in total. The number of likely N-dealkylation sites (N-methyl/N-ethyl adjacent to an activating group) is 1. The lowest BCUT2D eigenvalue weighted by atomic mass is 9.87. The zero-order valence-electron chi connectivity index (χ0n) is 18.2. The summed E-state index contributed by atoms with van der Waals surface area (Å²) in [6.07, 6.45) is 6.65. The summed E-state index contributed by atoms with van der Waals surface area (Å²) >= 11 is 0. The molecule has 2 aliphatic rings. The van der Waals surface area contributed by atoms with Crippen molar-refractivity contribution < 1.29 is 14.3 Å². The second kappa shape index (κ2) is 9.33. The van der Waals surface area contributed by atoms with Crippen LogP contribution in [0.4, 0.5) is 0 Å². The number of hydrogen-bond donors (Lipinski definition) is 0. The molecule has 2 aromatic rings. The largest absolute Gasteiger partial charge is 0.483 e. The molecule has 2 aliphatic heterocycles. The summed E-state index contributed by atoms with van der Waals surface area (Å²) in [5.41, 5.74) is 2.38. The third-order valence-electron chi connectivity index (χ3n) is 6.25. The maximum absolute atomic E-state index is 13.0. The van der Waals surface area contributed by atoms with Gasteiger partial charge in [-0.2, -0.15) is 0 Å². The van der Waals surface area contributed by atoms with Gasteiger partial charge in [0.05, 0.1) is 0 Å². The van der Waals surface area contributed by atoms with Crippen LogP contribution in [0.2, 0.25) is 0 Å². The number of aryl methyl sites for hydroxylation is 1. The lowest BCUT2D eigenvalue weighted by Gasteiger charge is -2.42. The number of ether oxygens (including phenoxy) is 1. The predicted octanol–water partition coefficient (Wildman–Crippen LogP) is 3.26. The Balaban J connectivity index is 1.54. The van der Waals surface area contributed by atoms with Crippen molar-refractivity contribution in [3.8, 4) is 5.75 Å². The van der Waals surface area contributed by atoms with Gasteiger partial charge in [0, 0.05) is 37.8 Å². The first-order valence-electron chi connectivity index (χ1n) is 10.9. The van der Waals surface area contributed by atoms with Gasteiger partial charge in [0.15, 0.2) is 6.61 Å². The number of carbonyl (C=O) groups is 2. The van der Waals surface area contributed by atoms with Crippen LogP contribution in [-0.4, -0.2) is 59.4 Å². The minimum absolute atomic E-state index is 0.0241. The molecule has 0 aliphatic carbocycles. The molecule has 31 heavy (non-hydrogen) atoms. The Morgan fingerprint density at radius 1 is 1.13 bits per heavy atom.